The lowest BCUT2D eigenvalue weighted by atomic mass is 10.0. The van der Waals surface area contributed by atoms with Gasteiger partial charge in [0.1, 0.15) is 0 Å². The van der Waals surface area contributed by atoms with Gasteiger partial charge in [0.25, 0.3) is 0 Å². The summed E-state index contributed by atoms with van der Waals surface area (Å²) in [6, 6.07) is 7.30. The van der Waals surface area contributed by atoms with Gasteiger partial charge in [-0.25, -0.2) is 0 Å². The van der Waals surface area contributed by atoms with Crippen LogP contribution in [0.5, 0.6) is 0 Å². The molecule has 2 atom stereocenters. The van der Waals surface area contributed by atoms with Crippen molar-refractivity contribution in [2.45, 2.75) is 23.1 Å². The van der Waals surface area contributed by atoms with E-state index in [0.29, 0.717) is 5.75 Å². The van der Waals surface area contributed by atoms with Crippen molar-refractivity contribution in [1.82, 2.24) is 5.32 Å². The van der Waals surface area contributed by atoms with Crippen LogP contribution in [-0.2, 0) is 4.79 Å². The van der Waals surface area contributed by atoms with Crippen molar-refractivity contribution in [2.24, 2.45) is 0 Å². The summed E-state index contributed by atoms with van der Waals surface area (Å²) >= 11 is 1.50. The first-order valence-electron chi connectivity index (χ1n) is 5.64. The van der Waals surface area contributed by atoms with Crippen LogP contribution in [0.3, 0.4) is 0 Å². The van der Waals surface area contributed by atoms with Crippen molar-refractivity contribution in [3.63, 3.8) is 0 Å². The number of aliphatic hydroxyl groups excluding tert-OH is 1. The molecule has 1 amide bonds. The Morgan fingerprint density at radius 1 is 1.47 bits per heavy atom. The molecule has 1 heterocycles. The third-order valence-corrected chi connectivity index (χ3v) is 4.05. The van der Waals surface area contributed by atoms with E-state index >= 15 is 0 Å². The predicted molar refractivity (Wildman–Crippen MR) is 65.0 cm³/mol. The minimum Gasteiger partial charge on any atom is -0.382 e. The summed E-state index contributed by atoms with van der Waals surface area (Å²) in [4.78, 5) is 12.8. The van der Waals surface area contributed by atoms with Crippen molar-refractivity contribution in [3.05, 3.63) is 29.8 Å². The van der Waals surface area contributed by atoms with Gasteiger partial charge in [-0.05, 0) is 11.6 Å². The number of hydrogen-bond donors (Lipinski definition) is 2. The van der Waals surface area contributed by atoms with Crippen LogP contribution in [0.4, 0.5) is 13.2 Å². The number of fused-ring (bicyclic) bond motifs is 1. The number of aliphatic hydroxyl groups is 1. The van der Waals surface area contributed by atoms with Gasteiger partial charge in [0.2, 0.25) is 5.91 Å². The minimum atomic E-state index is -4.71. The third-order valence-electron chi connectivity index (χ3n) is 2.86. The standard InChI is InChI=1S/C12H12F3NO2S/c13-12(14,15)10(17)5-16-11(18)8-6-19-9-4-2-1-3-7(8)9/h1-4,8,10,17H,5-6H2,(H,16,18). The monoisotopic (exact) mass is 291 g/mol. The second-order valence-electron chi connectivity index (χ2n) is 4.20. The van der Waals surface area contributed by atoms with Gasteiger partial charge in [-0.3, -0.25) is 4.79 Å². The number of benzene rings is 1. The molecule has 2 N–H and O–H groups in total. The lowest BCUT2D eigenvalue weighted by Crippen LogP contribution is -2.42. The number of carbonyl (C=O) groups is 1. The Hall–Kier alpha value is -1.21. The molecule has 7 heteroatoms. The Balaban J connectivity index is 1.96. The Morgan fingerprint density at radius 3 is 2.84 bits per heavy atom. The number of alkyl halides is 3. The Bertz CT molecular complexity index is 478. The van der Waals surface area contributed by atoms with Gasteiger partial charge in [0.05, 0.1) is 12.5 Å². The number of halogens is 3. The van der Waals surface area contributed by atoms with E-state index in [1.807, 2.05) is 12.1 Å². The highest BCUT2D eigenvalue weighted by atomic mass is 32.2. The average Bonchev–Trinajstić information content (AvgIpc) is 2.78. The van der Waals surface area contributed by atoms with Crippen LogP contribution in [0.2, 0.25) is 0 Å². The molecule has 19 heavy (non-hydrogen) atoms. The first kappa shape index (κ1) is 14.2. The Morgan fingerprint density at radius 2 is 2.16 bits per heavy atom. The van der Waals surface area contributed by atoms with Crippen molar-refractivity contribution >= 4 is 17.7 Å². The molecule has 0 saturated carbocycles. The van der Waals surface area contributed by atoms with E-state index in [9.17, 15) is 18.0 Å². The molecule has 0 spiro atoms. The minimum absolute atomic E-state index is 0.457. The van der Waals surface area contributed by atoms with E-state index in [1.54, 1.807) is 12.1 Å². The molecule has 0 bridgehead atoms. The second-order valence-corrected chi connectivity index (χ2v) is 5.27. The number of rotatable bonds is 3. The zero-order valence-corrected chi connectivity index (χ0v) is 10.6. The topological polar surface area (TPSA) is 49.3 Å². The molecule has 1 aromatic rings. The molecule has 2 rings (SSSR count). The SMILES string of the molecule is O=C(NCC(O)C(F)(F)F)C1CSc2ccccc21. The van der Waals surface area contributed by atoms with Crippen LogP contribution in [0.15, 0.2) is 29.2 Å². The first-order chi connectivity index (χ1) is 8.89. The molecule has 3 nitrogen and oxygen atoms in total. The third kappa shape index (κ3) is 3.22. The van der Waals surface area contributed by atoms with E-state index in [0.717, 1.165) is 10.5 Å². The van der Waals surface area contributed by atoms with E-state index in [-0.39, 0.29) is 0 Å². The summed E-state index contributed by atoms with van der Waals surface area (Å²) < 4.78 is 36.3. The van der Waals surface area contributed by atoms with Gasteiger partial charge in [0.15, 0.2) is 6.10 Å². The molecule has 0 fully saturated rings. The maximum atomic E-state index is 12.1. The molecule has 1 aliphatic rings. The summed E-state index contributed by atoms with van der Waals surface area (Å²) in [5, 5.41) is 11.0. The molecule has 1 aliphatic heterocycles. The molecule has 0 saturated heterocycles. The largest absolute Gasteiger partial charge is 0.416 e. The van der Waals surface area contributed by atoms with Gasteiger partial charge in [-0.15, -0.1) is 11.8 Å². The van der Waals surface area contributed by atoms with E-state index < -0.39 is 30.7 Å². The van der Waals surface area contributed by atoms with Crippen molar-refractivity contribution in [2.75, 3.05) is 12.3 Å². The summed E-state index contributed by atoms with van der Waals surface area (Å²) in [7, 11) is 0. The molecule has 0 radical (unpaired) electrons. The number of nitrogens with one attached hydrogen (secondary N) is 1. The molecular weight excluding hydrogens is 279 g/mol. The quantitative estimate of drug-likeness (QED) is 0.894. The molecule has 2 unspecified atom stereocenters. The van der Waals surface area contributed by atoms with Crippen LogP contribution < -0.4 is 5.32 Å². The lowest BCUT2D eigenvalue weighted by molar-refractivity contribution is -0.201. The fourth-order valence-electron chi connectivity index (χ4n) is 1.82. The van der Waals surface area contributed by atoms with Crippen LogP contribution in [0.1, 0.15) is 11.5 Å². The van der Waals surface area contributed by atoms with Crippen LogP contribution in [0.25, 0.3) is 0 Å². The molecular formula is C12H12F3NO2S. The van der Waals surface area contributed by atoms with Gasteiger partial charge >= 0.3 is 6.18 Å². The van der Waals surface area contributed by atoms with Crippen LogP contribution in [-0.4, -0.2) is 35.6 Å². The fraction of sp³-hybridized carbons (Fsp3) is 0.417. The van der Waals surface area contributed by atoms with Gasteiger partial charge < -0.3 is 10.4 Å². The Labute approximate surface area is 112 Å². The molecule has 0 aromatic heterocycles. The normalized spacial score (nSPS) is 19.9. The van der Waals surface area contributed by atoms with Gasteiger partial charge in [-0.1, -0.05) is 18.2 Å². The fourth-order valence-corrected chi connectivity index (χ4v) is 3.04. The summed E-state index contributed by atoms with van der Waals surface area (Å²) in [6.07, 6.45) is -7.24. The van der Waals surface area contributed by atoms with E-state index in [2.05, 4.69) is 5.32 Å². The second kappa shape index (κ2) is 5.42. The lowest BCUT2D eigenvalue weighted by Gasteiger charge is -2.17. The zero-order valence-electron chi connectivity index (χ0n) is 9.78. The molecule has 104 valence electrons. The van der Waals surface area contributed by atoms with Crippen LogP contribution in [0, 0.1) is 0 Å². The van der Waals surface area contributed by atoms with Crippen LogP contribution >= 0.6 is 11.8 Å². The number of thioether (sulfide) groups is 1. The summed E-state index contributed by atoms with van der Waals surface area (Å²) in [5.41, 5.74) is 0.825. The molecule has 1 aromatic carbocycles. The smallest absolute Gasteiger partial charge is 0.382 e. The molecule has 0 aliphatic carbocycles. The Kier molecular flexibility index (Phi) is 4.05. The predicted octanol–water partition coefficient (Wildman–Crippen LogP) is 1.92. The van der Waals surface area contributed by atoms with Crippen molar-refractivity contribution < 1.29 is 23.1 Å². The highest BCUT2D eigenvalue weighted by Crippen LogP contribution is 2.39. The summed E-state index contributed by atoms with van der Waals surface area (Å²) in [6.45, 7) is -0.814. The van der Waals surface area contributed by atoms with Crippen molar-refractivity contribution in [3.8, 4) is 0 Å². The van der Waals surface area contributed by atoms with E-state index in [1.165, 1.54) is 11.8 Å². The maximum Gasteiger partial charge on any atom is 0.416 e. The van der Waals surface area contributed by atoms with Gasteiger partial charge in [-0.2, -0.15) is 13.2 Å². The number of hydrogen-bond acceptors (Lipinski definition) is 3. The van der Waals surface area contributed by atoms with Gasteiger partial charge in [0, 0.05) is 10.6 Å². The highest BCUT2D eigenvalue weighted by Gasteiger charge is 2.39. The first-order valence-corrected chi connectivity index (χ1v) is 6.62. The van der Waals surface area contributed by atoms with E-state index in [4.69, 9.17) is 5.11 Å². The summed E-state index contributed by atoms with van der Waals surface area (Å²) in [5.74, 6) is -0.435. The number of amides is 1. The van der Waals surface area contributed by atoms with Crippen molar-refractivity contribution in [1.29, 1.82) is 0 Å². The number of carbonyl (C=O) groups excluding carboxylic acids is 1. The zero-order chi connectivity index (χ0) is 14.0. The highest BCUT2D eigenvalue weighted by molar-refractivity contribution is 7.99. The maximum absolute atomic E-state index is 12.1. The average molecular weight is 291 g/mol.